The van der Waals surface area contributed by atoms with Crippen molar-refractivity contribution in [3.63, 3.8) is 0 Å². The summed E-state index contributed by atoms with van der Waals surface area (Å²) in [6.45, 7) is 1.91. The molecule has 2 rings (SSSR count). The van der Waals surface area contributed by atoms with E-state index >= 15 is 0 Å². The monoisotopic (exact) mass is 279 g/mol. The standard InChI is InChI=1S/C17H13NO3/c1-11-2-5-13(6-3-11)17(21)14(10-18)8-12-4-7-15(19)16(20)9-12/h2-9,19-20H,1H3/b14-8-. The summed E-state index contributed by atoms with van der Waals surface area (Å²) in [5.41, 5.74) is 1.88. The van der Waals surface area contributed by atoms with E-state index in [0.717, 1.165) is 5.56 Å². The third kappa shape index (κ3) is 3.28. The van der Waals surface area contributed by atoms with Crippen molar-refractivity contribution in [3.05, 3.63) is 64.7 Å². The Morgan fingerprint density at radius 1 is 1.10 bits per heavy atom. The quantitative estimate of drug-likeness (QED) is 0.391. The van der Waals surface area contributed by atoms with Gasteiger partial charge < -0.3 is 10.2 Å². The van der Waals surface area contributed by atoms with Gasteiger partial charge in [-0.2, -0.15) is 5.26 Å². The first-order valence-electron chi connectivity index (χ1n) is 6.26. The molecular formula is C17H13NO3. The third-order valence-corrected chi connectivity index (χ3v) is 2.99. The highest BCUT2D eigenvalue weighted by Gasteiger charge is 2.12. The van der Waals surface area contributed by atoms with Gasteiger partial charge in [-0.3, -0.25) is 4.79 Å². The van der Waals surface area contributed by atoms with Crippen LogP contribution in [0.3, 0.4) is 0 Å². The molecule has 0 bridgehead atoms. The minimum absolute atomic E-state index is 0.0380. The van der Waals surface area contributed by atoms with Crippen molar-refractivity contribution in [2.75, 3.05) is 0 Å². The van der Waals surface area contributed by atoms with Gasteiger partial charge in [-0.15, -0.1) is 0 Å². The lowest BCUT2D eigenvalue weighted by atomic mass is 10.0. The number of nitrogens with zero attached hydrogens (tertiary/aromatic N) is 1. The predicted octanol–water partition coefficient (Wildman–Crippen LogP) is 3.20. The lowest BCUT2D eigenvalue weighted by Gasteiger charge is -2.02. The van der Waals surface area contributed by atoms with Crippen molar-refractivity contribution in [3.8, 4) is 17.6 Å². The number of carbonyl (C=O) groups excluding carboxylic acids is 1. The number of rotatable bonds is 3. The van der Waals surface area contributed by atoms with Gasteiger partial charge >= 0.3 is 0 Å². The van der Waals surface area contributed by atoms with Crippen LogP contribution in [0.1, 0.15) is 21.5 Å². The van der Waals surface area contributed by atoms with Gasteiger partial charge in [0, 0.05) is 5.56 Å². The molecule has 0 saturated carbocycles. The number of hydrogen-bond donors (Lipinski definition) is 2. The Morgan fingerprint density at radius 2 is 1.76 bits per heavy atom. The summed E-state index contributed by atoms with van der Waals surface area (Å²) in [5, 5.41) is 27.8. The smallest absolute Gasteiger partial charge is 0.203 e. The Hall–Kier alpha value is -3.06. The SMILES string of the molecule is Cc1ccc(C(=O)/C(C#N)=C\c2ccc(O)c(O)c2)cc1. The largest absolute Gasteiger partial charge is 0.504 e. The fourth-order valence-corrected chi connectivity index (χ4v) is 1.81. The molecule has 2 aromatic carbocycles. The van der Waals surface area contributed by atoms with Crippen LogP contribution < -0.4 is 0 Å². The molecule has 0 radical (unpaired) electrons. The molecule has 104 valence electrons. The first-order chi connectivity index (χ1) is 10.0. The summed E-state index contributed by atoms with van der Waals surface area (Å²) in [4.78, 5) is 12.2. The Kier molecular flexibility index (Phi) is 4.05. The Labute approximate surface area is 122 Å². The van der Waals surface area contributed by atoms with Crippen LogP contribution >= 0.6 is 0 Å². The Balaban J connectivity index is 2.36. The molecule has 0 fully saturated rings. The van der Waals surface area contributed by atoms with Gasteiger partial charge in [0.1, 0.15) is 11.6 Å². The topological polar surface area (TPSA) is 81.3 Å². The molecule has 0 atom stereocenters. The van der Waals surface area contributed by atoms with Crippen molar-refractivity contribution in [2.24, 2.45) is 0 Å². The van der Waals surface area contributed by atoms with Gasteiger partial charge in [-0.1, -0.05) is 35.9 Å². The van der Waals surface area contributed by atoms with E-state index in [4.69, 9.17) is 5.26 Å². The van der Waals surface area contributed by atoms with Crippen LogP contribution in [-0.4, -0.2) is 16.0 Å². The van der Waals surface area contributed by atoms with E-state index in [0.29, 0.717) is 11.1 Å². The molecule has 0 aromatic heterocycles. The molecule has 0 amide bonds. The van der Waals surface area contributed by atoms with Crippen molar-refractivity contribution < 1.29 is 15.0 Å². The first kappa shape index (κ1) is 14.4. The minimum atomic E-state index is -0.384. The molecule has 2 N–H and O–H groups in total. The zero-order valence-electron chi connectivity index (χ0n) is 11.4. The maximum atomic E-state index is 12.2. The summed E-state index contributed by atoms with van der Waals surface area (Å²) in [5.74, 6) is -0.940. The molecule has 4 nitrogen and oxygen atoms in total. The number of phenolic OH excluding ortho intramolecular Hbond substituents is 2. The van der Waals surface area contributed by atoms with Crippen molar-refractivity contribution in [2.45, 2.75) is 6.92 Å². The maximum Gasteiger partial charge on any atom is 0.203 e. The number of Topliss-reactive ketones (excluding diaryl/α,β-unsaturated/α-hetero) is 1. The van der Waals surface area contributed by atoms with Crippen LogP contribution in [0.5, 0.6) is 11.5 Å². The molecule has 21 heavy (non-hydrogen) atoms. The van der Waals surface area contributed by atoms with E-state index in [-0.39, 0.29) is 22.9 Å². The summed E-state index contributed by atoms with van der Waals surface area (Å²) in [7, 11) is 0. The Morgan fingerprint density at radius 3 is 2.33 bits per heavy atom. The molecule has 0 aliphatic heterocycles. The summed E-state index contributed by atoms with van der Waals surface area (Å²) in [6, 6.07) is 12.9. The highest BCUT2D eigenvalue weighted by atomic mass is 16.3. The van der Waals surface area contributed by atoms with Gasteiger partial charge in [0.05, 0.1) is 0 Å². The summed E-state index contributed by atoms with van der Waals surface area (Å²) >= 11 is 0. The molecule has 0 aliphatic rings. The lowest BCUT2D eigenvalue weighted by molar-refractivity contribution is 0.104. The fraction of sp³-hybridized carbons (Fsp3) is 0.0588. The zero-order chi connectivity index (χ0) is 15.4. The van der Waals surface area contributed by atoms with E-state index in [1.165, 1.54) is 24.3 Å². The summed E-state index contributed by atoms with van der Waals surface area (Å²) < 4.78 is 0. The molecule has 0 aliphatic carbocycles. The van der Waals surface area contributed by atoms with Gasteiger partial charge in [-0.05, 0) is 30.7 Å². The van der Waals surface area contributed by atoms with Crippen LogP contribution in [0.15, 0.2) is 48.0 Å². The second kappa shape index (κ2) is 5.93. The number of allylic oxidation sites excluding steroid dienone is 1. The van der Waals surface area contributed by atoms with Crippen LogP contribution in [0.25, 0.3) is 6.08 Å². The first-order valence-corrected chi connectivity index (χ1v) is 6.26. The average Bonchev–Trinajstić information content (AvgIpc) is 2.48. The van der Waals surface area contributed by atoms with E-state index in [1.54, 1.807) is 24.3 Å². The van der Waals surface area contributed by atoms with Crippen molar-refractivity contribution >= 4 is 11.9 Å². The second-order valence-electron chi connectivity index (χ2n) is 4.61. The highest BCUT2D eigenvalue weighted by molar-refractivity contribution is 6.14. The number of phenols is 2. The minimum Gasteiger partial charge on any atom is -0.504 e. The number of benzene rings is 2. The predicted molar refractivity (Wildman–Crippen MR) is 78.9 cm³/mol. The molecule has 0 spiro atoms. The molecular weight excluding hydrogens is 266 g/mol. The van der Waals surface area contributed by atoms with Crippen molar-refractivity contribution in [1.29, 1.82) is 5.26 Å². The number of carbonyl (C=O) groups is 1. The molecule has 0 heterocycles. The normalized spacial score (nSPS) is 11.0. The fourth-order valence-electron chi connectivity index (χ4n) is 1.81. The number of aromatic hydroxyl groups is 2. The van der Waals surface area contributed by atoms with Gasteiger partial charge in [0.2, 0.25) is 5.78 Å². The van der Waals surface area contributed by atoms with E-state index < -0.39 is 0 Å². The van der Waals surface area contributed by atoms with Gasteiger partial charge in [0.15, 0.2) is 11.5 Å². The zero-order valence-corrected chi connectivity index (χ0v) is 11.4. The lowest BCUT2D eigenvalue weighted by Crippen LogP contribution is -2.01. The Bertz CT molecular complexity index is 753. The second-order valence-corrected chi connectivity index (χ2v) is 4.61. The van der Waals surface area contributed by atoms with Crippen LogP contribution in [0.4, 0.5) is 0 Å². The number of aryl methyl sites for hydroxylation is 1. The molecule has 0 unspecified atom stereocenters. The van der Waals surface area contributed by atoms with E-state index in [2.05, 4.69) is 0 Å². The van der Waals surface area contributed by atoms with Gasteiger partial charge in [-0.25, -0.2) is 0 Å². The van der Waals surface area contributed by atoms with E-state index in [1.807, 2.05) is 13.0 Å². The maximum absolute atomic E-state index is 12.2. The summed E-state index contributed by atoms with van der Waals surface area (Å²) in [6.07, 6.45) is 1.38. The van der Waals surface area contributed by atoms with Crippen LogP contribution in [0.2, 0.25) is 0 Å². The number of ketones is 1. The third-order valence-electron chi connectivity index (χ3n) is 2.99. The van der Waals surface area contributed by atoms with E-state index in [9.17, 15) is 15.0 Å². The number of hydrogen-bond acceptors (Lipinski definition) is 4. The molecule has 2 aromatic rings. The van der Waals surface area contributed by atoms with Gasteiger partial charge in [0.25, 0.3) is 0 Å². The average molecular weight is 279 g/mol. The molecule has 0 saturated heterocycles. The van der Waals surface area contributed by atoms with Crippen LogP contribution in [0, 0.1) is 18.3 Å². The number of nitriles is 1. The van der Waals surface area contributed by atoms with Crippen molar-refractivity contribution in [1.82, 2.24) is 0 Å². The van der Waals surface area contributed by atoms with Crippen LogP contribution in [-0.2, 0) is 0 Å². The highest BCUT2D eigenvalue weighted by Crippen LogP contribution is 2.26. The molecule has 4 heteroatoms.